The van der Waals surface area contributed by atoms with Gasteiger partial charge in [0.15, 0.2) is 5.57 Å². The number of phenols is 1. The third kappa shape index (κ3) is 4.15. The Labute approximate surface area is 163 Å². The Bertz CT molecular complexity index is 966. The Balaban J connectivity index is 1.63. The highest BCUT2D eigenvalue weighted by Crippen LogP contribution is 2.24. The lowest BCUT2D eigenvalue weighted by Crippen LogP contribution is -2.46. The number of allylic oxidation sites excluding steroid dienone is 2. The lowest BCUT2D eigenvalue weighted by molar-refractivity contribution is 0.475. The van der Waals surface area contributed by atoms with Crippen LogP contribution in [0.25, 0.3) is 0 Å². The molecule has 0 unspecified atom stereocenters. The van der Waals surface area contributed by atoms with Crippen LogP contribution in [0.4, 0.5) is 17.1 Å². The van der Waals surface area contributed by atoms with Gasteiger partial charge in [0.25, 0.3) is 0 Å². The molecule has 2 aromatic rings. The minimum atomic E-state index is -0.239. The summed E-state index contributed by atoms with van der Waals surface area (Å²) in [5.41, 5.74) is 2.51. The second kappa shape index (κ2) is 8.49. The van der Waals surface area contributed by atoms with Gasteiger partial charge in [0.05, 0.1) is 0 Å². The molecule has 1 aliphatic heterocycles. The number of hydrogen-bond acceptors (Lipinski definition) is 7. The number of nitrogens with one attached hydrogen (secondary N) is 1. The lowest BCUT2D eigenvalue weighted by atomic mass is 10.2. The number of phenolic OH excluding ortho intramolecular Hbond substituents is 1. The van der Waals surface area contributed by atoms with Gasteiger partial charge in [-0.05, 0) is 48.5 Å². The highest BCUT2D eigenvalue weighted by Gasteiger charge is 2.17. The smallest absolute Gasteiger partial charge is 0.163 e. The Morgan fingerprint density at radius 3 is 1.64 bits per heavy atom. The zero-order valence-corrected chi connectivity index (χ0v) is 15.1. The maximum atomic E-state index is 9.41. The summed E-state index contributed by atoms with van der Waals surface area (Å²) in [7, 11) is 0. The molecule has 1 fully saturated rings. The molecule has 0 amide bonds. The number of anilines is 3. The molecule has 0 atom stereocenters. The van der Waals surface area contributed by atoms with Crippen LogP contribution in [0.15, 0.2) is 59.8 Å². The van der Waals surface area contributed by atoms with Gasteiger partial charge in [-0.25, -0.2) is 0 Å². The molecular weight excluding hydrogens is 352 g/mol. The zero-order valence-electron chi connectivity index (χ0n) is 15.1. The zero-order chi connectivity index (χ0) is 19.9. The Kier molecular flexibility index (Phi) is 5.65. The van der Waals surface area contributed by atoms with Crippen molar-refractivity contribution in [2.24, 2.45) is 0 Å². The largest absolute Gasteiger partial charge is 0.508 e. The van der Waals surface area contributed by atoms with E-state index in [4.69, 9.17) is 15.8 Å². The van der Waals surface area contributed by atoms with Crippen molar-refractivity contribution in [3.05, 3.63) is 59.8 Å². The number of hydrogen-bond donors (Lipinski definition) is 2. The first kappa shape index (κ1) is 18.6. The van der Waals surface area contributed by atoms with Crippen LogP contribution in [0.3, 0.4) is 0 Å². The summed E-state index contributed by atoms with van der Waals surface area (Å²) in [5.74, 6) is 0.266. The molecule has 0 radical (unpaired) electrons. The van der Waals surface area contributed by atoms with Crippen molar-refractivity contribution in [1.29, 1.82) is 15.8 Å². The van der Waals surface area contributed by atoms with E-state index in [1.165, 1.54) is 0 Å². The minimum Gasteiger partial charge on any atom is -0.508 e. The first-order valence-electron chi connectivity index (χ1n) is 8.75. The number of benzene rings is 2. The Morgan fingerprint density at radius 1 is 0.750 bits per heavy atom. The van der Waals surface area contributed by atoms with E-state index in [9.17, 15) is 5.11 Å². The molecule has 1 aliphatic rings. The van der Waals surface area contributed by atoms with Gasteiger partial charge in [0.1, 0.15) is 29.7 Å². The predicted octanol–water partition coefficient (Wildman–Crippen LogP) is 2.96. The summed E-state index contributed by atoms with van der Waals surface area (Å²) < 4.78 is 0. The summed E-state index contributed by atoms with van der Waals surface area (Å²) in [5, 5.41) is 39.1. The fraction of sp³-hybridized carbons (Fsp3) is 0.190. The van der Waals surface area contributed by atoms with E-state index in [1.54, 1.807) is 24.3 Å². The van der Waals surface area contributed by atoms with Crippen molar-refractivity contribution in [2.45, 2.75) is 0 Å². The van der Waals surface area contributed by atoms with Gasteiger partial charge >= 0.3 is 0 Å². The molecule has 2 aromatic carbocycles. The van der Waals surface area contributed by atoms with E-state index >= 15 is 0 Å². The van der Waals surface area contributed by atoms with E-state index in [2.05, 4.69) is 15.1 Å². The third-order valence-corrected chi connectivity index (χ3v) is 4.58. The molecule has 1 heterocycles. The van der Waals surface area contributed by atoms with Crippen molar-refractivity contribution >= 4 is 17.1 Å². The second-order valence-electron chi connectivity index (χ2n) is 6.25. The monoisotopic (exact) mass is 370 g/mol. The molecule has 28 heavy (non-hydrogen) atoms. The van der Waals surface area contributed by atoms with Gasteiger partial charge in [-0.15, -0.1) is 0 Å². The number of aromatic hydroxyl groups is 1. The molecule has 138 valence electrons. The van der Waals surface area contributed by atoms with E-state index in [0.29, 0.717) is 5.69 Å². The van der Waals surface area contributed by atoms with Gasteiger partial charge in [0, 0.05) is 43.2 Å². The van der Waals surface area contributed by atoms with Gasteiger partial charge in [-0.2, -0.15) is 15.8 Å². The molecule has 0 saturated carbocycles. The molecule has 2 N–H and O–H groups in total. The van der Waals surface area contributed by atoms with Gasteiger partial charge in [-0.1, -0.05) is 0 Å². The molecule has 7 heteroatoms. The Hall–Kier alpha value is -4.15. The van der Waals surface area contributed by atoms with E-state index in [-0.39, 0.29) is 17.0 Å². The van der Waals surface area contributed by atoms with Crippen LogP contribution in [-0.4, -0.2) is 31.3 Å². The standard InChI is InChI=1S/C21H18N6O/c22-13-16(14-23)21(15-24)25-17-1-3-18(4-2-17)26-9-11-27(12-10-26)19-5-7-20(28)8-6-19/h1-8,25,28H,9-12H2. The lowest BCUT2D eigenvalue weighted by Gasteiger charge is -2.37. The number of piperazine rings is 1. The molecule has 3 rings (SSSR count). The van der Waals surface area contributed by atoms with E-state index in [0.717, 1.165) is 37.6 Å². The molecule has 0 aromatic heterocycles. The quantitative estimate of drug-likeness (QED) is 0.796. The number of nitrogens with zero attached hydrogens (tertiary/aromatic N) is 5. The van der Waals surface area contributed by atoms with Crippen LogP contribution in [0.2, 0.25) is 0 Å². The van der Waals surface area contributed by atoms with Gasteiger partial charge in [0.2, 0.25) is 0 Å². The maximum absolute atomic E-state index is 9.41. The van der Waals surface area contributed by atoms with Crippen molar-refractivity contribution in [1.82, 2.24) is 0 Å². The minimum absolute atomic E-state index is 0.0553. The Morgan fingerprint density at radius 2 is 1.21 bits per heavy atom. The molecule has 7 nitrogen and oxygen atoms in total. The first-order chi connectivity index (χ1) is 13.6. The van der Waals surface area contributed by atoms with Gasteiger partial charge in [-0.3, -0.25) is 0 Å². The second-order valence-corrected chi connectivity index (χ2v) is 6.25. The van der Waals surface area contributed by atoms with Crippen LogP contribution in [0.5, 0.6) is 5.75 Å². The molecule has 0 spiro atoms. The van der Waals surface area contributed by atoms with Crippen molar-refractivity contribution in [2.75, 3.05) is 41.3 Å². The topological polar surface area (TPSA) is 110 Å². The van der Waals surface area contributed by atoms with E-state index in [1.807, 2.05) is 42.5 Å². The fourth-order valence-electron chi connectivity index (χ4n) is 3.07. The van der Waals surface area contributed by atoms with Crippen LogP contribution in [0.1, 0.15) is 0 Å². The average molecular weight is 370 g/mol. The molecule has 1 saturated heterocycles. The van der Waals surface area contributed by atoms with Crippen LogP contribution in [0, 0.1) is 34.0 Å². The van der Waals surface area contributed by atoms with Crippen molar-refractivity contribution < 1.29 is 5.11 Å². The van der Waals surface area contributed by atoms with Crippen LogP contribution < -0.4 is 15.1 Å². The summed E-state index contributed by atoms with van der Waals surface area (Å²) >= 11 is 0. The summed E-state index contributed by atoms with van der Waals surface area (Å²) in [6.07, 6.45) is 0. The predicted molar refractivity (Wildman–Crippen MR) is 106 cm³/mol. The maximum Gasteiger partial charge on any atom is 0.163 e. The fourth-order valence-corrected chi connectivity index (χ4v) is 3.07. The first-order valence-corrected chi connectivity index (χ1v) is 8.75. The van der Waals surface area contributed by atoms with E-state index < -0.39 is 0 Å². The van der Waals surface area contributed by atoms with Crippen LogP contribution >= 0.6 is 0 Å². The highest BCUT2D eigenvalue weighted by molar-refractivity contribution is 5.62. The van der Waals surface area contributed by atoms with Gasteiger partial charge < -0.3 is 20.2 Å². The normalized spacial score (nSPS) is 13.0. The molecule has 0 bridgehead atoms. The molecule has 0 aliphatic carbocycles. The SMILES string of the molecule is N#CC(C#N)=C(C#N)Nc1ccc(N2CCN(c3ccc(O)cc3)CC2)cc1. The van der Waals surface area contributed by atoms with Crippen molar-refractivity contribution in [3.8, 4) is 24.0 Å². The average Bonchev–Trinajstić information content (AvgIpc) is 2.75. The van der Waals surface area contributed by atoms with Crippen molar-refractivity contribution in [3.63, 3.8) is 0 Å². The summed E-state index contributed by atoms with van der Waals surface area (Å²) in [6, 6.07) is 20.1. The highest BCUT2D eigenvalue weighted by atomic mass is 16.3. The summed E-state index contributed by atoms with van der Waals surface area (Å²) in [6.45, 7) is 3.48. The summed E-state index contributed by atoms with van der Waals surface area (Å²) in [4.78, 5) is 4.55. The number of nitriles is 3. The third-order valence-electron chi connectivity index (χ3n) is 4.58. The van der Waals surface area contributed by atoms with Crippen LogP contribution in [-0.2, 0) is 0 Å². The number of rotatable bonds is 4. The molecular formula is C21H18N6O.